The Morgan fingerprint density at radius 3 is 2.26 bits per heavy atom. The van der Waals surface area contributed by atoms with Gasteiger partial charge in [0.1, 0.15) is 17.2 Å². The molecular formula is C29H22BrClF5N3O4. The van der Waals surface area contributed by atoms with Gasteiger partial charge in [-0.2, -0.15) is 13.2 Å². The average molecular weight is 687 g/mol. The number of aromatic amines is 1. The van der Waals surface area contributed by atoms with Crippen LogP contribution >= 0.6 is 27.5 Å². The van der Waals surface area contributed by atoms with Gasteiger partial charge in [0, 0.05) is 22.2 Å². The Hall–Kier alpha value is -3.97. The third kappa shape index (κ3) is 6.99. The van der Waals surface area contributed by atoms with Crippen LogP contribution in [0.3, 0.4) is 0 Å². The lowest BCUT2D eigenvalue weighted by Crippen LogP contribution is -2.27. The van der Waals surface area contributed by atoms with Crippen LogP contribution in [0, 0.1) is 18.6 Å². The number of anilines is 2. The van der Waals surface area contributed by atoms with E-state index in [1.165, 1.54) is 6.07 Å². The van der Waals surface area contributed by atoms with E-state index in [-0.39, 0.29) is 49.0 Å². The summed E-state index contributed by atoms with van der Waals surface area (Å²) in [5.41, 5.74) is -2.86. The van der Waals surface area contributed by atoms with Crippen molar-refractivity contribution >= 4 is 67.6 Å². The number of amides is 2. The van der Waals surface area contributed by atoms with Gasteiger partial charge in [-0.15, -0.1) is 0 Å². The van der Waals surface area contributed by atoms with Gasteiger partial charge < -0.3 is 15.0 Å². The normalized spacial score (nSPS) is 11.9. The Balaban J connectivity index is 1.91. The van der Waals surface area contributed by atoms with Crippen LogP contribution in [0.4, 0.5) is 38.1 Å². The Bertz CT molecular complexity index is 1800. The first-order valence-electron chi connectivity index (χ1n) is 12.4. The lowest BCUT2D eigenvalue weighted by atomic mass is 9.99. The van der Waals surface area contributed by atoms with Crippen molar-refractivity contribution < 1.29 is 41.1 Å². The van der Waals surface area contributed by atoms with E-state index < -0.39 is 52.3 Å². The van der Waals surface area contributed by atoms with Crippen LogP contribution in [0.1, 0.15) is 58.3 Å². The number of aryl methyl sites for hydroxylation is 1. The summed E-state index contributed by atoms with van der Waals surface area (Å²) < 4.78 is 73.5. The molecule has 4 rings (SSSR count). The Morgan fingerprint density at radius 1 is 0.953 bits per heavy atom. The molecule has 0 spiro atoms. The Kier molecular flexibility index (Phi) is 8.63. The number of H-pyrrole nitrogens is 1. The van der Waals surface area contributed by atoms with Gasteiger partial charge >= 0.3 is 12.3 Å². The molecule has 226 valence electrons. The topological polar surface area (TPSA) is 100 Å². The molecule has 0 aliphatic rings. The first kappa shape index (κ1) is 32.0. The SMILES string of the molecule is Cc1[nH]c2c(Br)c(C(=O)c3cc(F)ccc3Cl)c(NC(=O)c3cc(F)cc(C(F)(F)F)c3)cc2c1NC(=O)OC(C)(C)C. The van der Waals surface area contributed by atoms with Crippen LogP contribution in [0.25, 0.3) is 10.9 Å². The van der Waals surface area contributed by atoms with Crippen molar-refractivity contribution in [2.24, 2.45) is 0 Å². The molecular weight excluding hydrogens is 665 g/mol. The molecule has 0 saturated carbocycles. The monoisotopic (exact) mass is 685 g/mol. The third-order valence-electron chi connectivity index (χ3n) is 5.98. The molecule has 0 unspecified atom stereocenters. The summed E-state index contributed by atoms with van der Waals surface area (Å²) in [6, 6.07) is 5.62. The molecule has 14 heteroatoms. The highest BCUT2D eigenvalue weighted by Gasteiger charge is 2.32. The highest BCUT2D eigenvalue weighted by molar-refractivity contribution is 9.10. The van der Waals surface area contributed by atoms with Crippen molar-refractivity contribution in [1.82, 2.24) is 4.98 Å². The number of rotatable bonds is 5. The summed E-state index contributed by atoms with van der Waals surface area (Å²) in [5.74, 6) is -4.15. The minimum atomic E-state index is -4.95. The van der Waals surface area contributed by atoms with Crippen LogP contribution in [0.2, 0.25) is 5.02 Å². The largest absolute Gasteiger partial charge is 0.444 e. The van der Waals surface area contributed by atoms with Gasteiger partial charge in [-0.05, 0) is 86.1 Å². The van der Waals surface area contributed by atoms with E-state index in [9.17, 15) is 36.3 Å². The lowest BCUT2D eigenvalue weighted by molar-refractivity contribution is -0.137. The van der Waals surface area contributed by atoms with Gasteiger partial charge in [0.05, 0.1) is 37.5 Å². The van der Waals surface area contributed by atoms with E-state index in [0.717, 1.165) is 18.2 Å². The van der Waals surface area contributed by atoms with Crippen LogP contribution in [0.15, 0.2) is 46.9 Å². The zero-order valence-electron chi connectivity index (χ0n) is 22.8. The molecule has 43 heavy (non-hydrogen) atoms. The fourth-order valence-corrected chi connectivity index (χ4v) is 5.10. The average Bonchev–Trinajstić information content (AvgIpc) is 3.18. The number of aromatic nitrogens is 1. The van der Waals surface area contributed by atoms with Crippen LogP contribution in [-0.4, -0.2) is 28.4 Å². The number of carbonyl (C=O) groups is 3. The fraction of sp³-hybridized carbons (Fsp3) is 0.207. The van der Waals surface area contributed by atoms with E-state index in [2.05, 4.69) is 31.5 Å². The maximum Gasteiger partial charge on any atom is 0.416 e. The number of halogens is 7. The number of benzene rings is 3. The molecule has 3 aromatic carbocycles. The second kappa shape index (κ2) is 11.6. The predicted molar refractivity (Wildman–Crippen MR) is 155 cm³/mol. The molecule has 0 aliphatic heterocycles. The molecule has 0 aliphatic carbocycles. The van der Waals surface area contributed by atoms with Crippen LogP contribution < -0.4 is 10.6 Å². The lowest BCUT2D eigenvalue weighted by Gasteiger charge is -2.20. The predicted octanol–water partition coefficient (Wildman–Crippen LogP) is 9.02. The minimum absolute atomic E-state index is 0.0428. The first-order valence-corrected chi connectivity index (χ1v) is 13.6. The van der Waals surface area contributed by atoms with Crippen molar-refractivity contribution in [3.8, 4) is 0 Å². The van der Waals surface area contributed by atoms with Crippen molar-refractivity contribution in [2.75, 3.05) is 10.6 Å². The van der Waals surface area contributed by atoms with E-state index in [4.69, 9.17) is 16.3 Å². The molecule has 1 heterocycles. The van der Waals surface area contributed by atoms with Gasteiger partial charge in [0.2, 0.25) is 0 Å². The standard InChI is InChI=1S/C29H22BrClF5N3O4/c1-12-23(39-27(42)43-28(2,3)4)18-11-20(38-26(41)13-7-14(29(34,35)36)9-16(33)8-13)21(22(30)24(18)37-12)25(40)17-10-15(32)5-6-19(17)31/h5-11,37H,1-4H3,(H,38,41)(H,39,42). The van der Waals surface area contributed by atoms with Gasteiger partial charge in [-0.1, -0.05) is 11.6 Å². The van der Waals surface area contributed by atoms with E-state index in [0.29, 0.717) is 17.8 Å². The third-order valence-corrected chi connectivity index (χ3v) is 7.11. The number of alkyl halides is 3. The summed E-state index contributed by atoms with van der Waals surface area (Å²) in [5, 5.41) is 5.09. The van der Waals surface area contributed by atoms with E-state index in [1.54, 1.807) is 27.7 Å². The molecule has 0 fully saturated rings. The molecule has 0 radical (unpaired) electrons. The zero-order chi connectivity index (χ0) is 32.0. The quantitative estimate of drug-likeness (QED) is 0.144. The minimum Gasteiger partial charge on any atom is -0.444 e. The highest BCUT2D eigenvalue weighted by Crippen LogP contribution is 2.41. The second-order valence-corrected chi connectivity index (χ2v) is 11.6. The molecule has 7 nitrogen and oxygen atoms in total. The molecule has 3 N–H and O–H groups in total. The van der Waals surface area contributed by atoms with E-state index >= 15 is 0 Å². The molecule has 4 aromatic rings. The molecule has 0 saturated heterocycles. The first-order chi connectivity index (χ1) is 19.9. The summed E-state index contributed by atoms with van der Waals surface area (Å²) in [7, 11) is 0. The van der Waals surface area contributed by atoms with Crippen LogP contribution in [0.5, 0.6) is 0 Å². The summed E-state index contributed by atoms with van der Waals surface area (Å²) >= 11 is 9.51. The zero-order valence-corrected chi connectivity index (χ0v) is 25.2. The van der Waals surface area contributed by atoms with Gasteiger partial charge in [-0.25, -0.2) is 13.6 Å². The van der Waals surface area contributed by atoms with Gasteiger partial charge in [0.15, 0.2) is 5.78 Å². The van der Waals surface area contributed by atoms with Crippen molar-refractivity contribution in [3.63, 3.8) is 0 Å². The maximum atomic E-state index is 14.1. The molecule has 0 atom stereocenters. The second-order valence-electron chi connectivity index (χ2n) is 10.4. The fourth-order valence-electron chi connectivity index (χ4n) is 4.19. The number of fused-ring (bicyclic) bond motifs is 1. The molecule has 1 aromatic heterocycles. The number of ether oxygens (including phenoxy) is 1. The van der Waals surface area contributed by atoms with Crippen molar-refractivity contribution in [2.45, 2.75) is 39.5 Å². The van der Waals surface area contributed by atoms with Crippen molar-refractivity contribution in [3.05, 3.63) is 91.5 Å². The summed E-state index contributed by atoms with van der Waals surface area (Å²) in [4.78, 5) is 42.5. The number of carbonyl (C=O) groups excluding carboxylic acids is 3. The van der Waals surface area contributed by atoms with Gasteiger partial charge in [0.25, 0.3) is 5.91 Å². The summed E-state index contributed by atoms with van der Waals surface area (Å²) in [6.07, 6.45) is -5.76. The Labute approximate surface area is 254 Å². The number of hydrogen-bond donors (Lipinski definition) is 3. The smallest absolute Gasteiger partial charge is 0.416 e. The maximum absolute atomic E-state index is 14.1. The highest BCUT2D eigenvalue weighted by atomic mass is 79.9. The molecule has 0 bridgehead atoms. The van der Waals surface area contributed by atoms with Crippen molar-refractivity contribution in [1.29, 1.82) is 0 Å². The number of nitrogens with one attached hydrogen (secondary N) is 3. The number of hydrogen-bond acceptors (Lipinski definition) is 4. The number of ketones is 1. The Morgan fingerprint density at radius 2 is 1.63 bits per heavy atom. The molecule has 2 amide bonds. The summed E-state index contributed by atoms with van der Waals surface area (Å²) in [6.45, 7) is 6.58. The van der Waals surface area contributed by atoms with Crippen LogP contribution in [-0.2, 0) is 10.9 Å². The van der Waals surface area contributed by atoms with Gasteiger partial charge in [-0.3, -0.25) is 14.9 Å². The van der Waals surface area contributed by atoms with E-state index in [1.807, 2.05) is 0 Å².